The Morgan fingerprint density at radius 2 is 1.96 bits per heavy atom. The Morgan fingerprint density at radius 1 is 1.20 bits per heavy atom. The number of aromatic nitrogens is 2. The van der Waals surface area contributed by atoms with E-state index in [9.17, 15) is 4.79 Å². The van der Waals surface area contributed by atoms with Crippen LogP contribution in [0.5, 0.6) is 0 Å². The van der Waals surface area contributed by atoms with Gasteiger partial charge in [-0.05, 0) is 49.1 Å². The van der Waals surface area contributed by atoms with Gasteiger partial charge in [-0.25, -0.2) is 4.98 Å². The number of pyridine rings is 1. The molecule has 0 aliphatic carbocycles. The van der Waals surface area contributed by atoms with Crippen molar-refractivity contribution in [3.8, 4) is 0 Å². The van der Waals surface area contributed by atoms with Crippen LogP contribution in [0.2, 0.25) is 0 Å². The molecule has 0 radical (unpaired) electrons. The summed E-state index contributed by atoms with van der Waals surface area (Å²) in [5.74, 6) is 0.670. The van der Waals surface area contributed by atoms with Crippen LogP contribution < -0.4 is 5.32 Å². The van der Waals surface area contributed by atoms with Crippen LogP contribution in [0.1, 0.15) is 37.4 Å². The maximum atomic E-state index is 12.1. The van der Waals surface area contributed by atoms with Crippen LogP contribution in [0.3, 0.4) is 0 Å². The fourth-order valence-corrected chi connectivity index (χ4v) is 3.04. The fraction of sp³-hybridized carbons (Fsp3) is 0.316. The summed E-state index contributed by atoms with van der Waals surface area (Å²) in [7, 11) is 0. The van der Waals surface area contributed by atoms with Crippen molar-refractivity contribution in [1.29, 1.82) is 0 Å². The normalized spacial score (nSPS) is 12.3. The van der Waals surface area contributed by atoms with Gasteiger partial charge >= 0.3 is 0 Å². The Hall–Kier alpha value is -2.34. The van der Waals surface area contributed by atoms with Gasteiger partial charge in [-0.1, -0.05) is 37.7 Å². The molecular weight excluding hydrogens is 334 g/mol. The highest BCUT2D eigenvalue weighted by Gasteiger charge is 2.11. The average molecular weight is 355 g/mol. The van der Waals surface area contributed by atoms with Crippen LogP contribution in [0.4, 0.5) is 5.69 Å². The van der Waals surface area contributed by atoms with E-state index in [0.717, 1.165) is 17.8 Å². The van der Waals surface area contributed by atoms with Crippen molar-refractivity contribution >= 4 is 34.6 Å². The third-order valence-electron chi connectivity index (χ3n) is 4.08. The quantitative estimate of drug-likeness (QED) is 0.645. The maximum Gasteiger partial charge on any atom is 0.258 e. The number of oxazole rings is 1. The molecule has 2 heterocycles. The molecule has 3 rings (SSSR count). The molecule has 0 saturated heterocycles. The van der Waals surface area contributed by atoms with Crippen LogP contribution in [0.25, 0.3) is 11.2 Å². The van der Waals surface area contributed by atoms with Crippen molar-refractivity contribution in [3.05, 3.63) is 47.7 Å². The maximum absolute atomic E-state index is 12.1. The molecule has 1 aromatic carbocycles. The fourth-order valence-electron chi connectivity index (χ4n) is 2.41. The lowest BCUT2D eigenvalue weighted by atomic mass is 9.99. The number of carbonyl (C=O) groups is 1. The molecule has 6 heteroatoms. The third kappa shape index (κ3) is 4.39. The van der Waals surface area contributed by atoms with E-state index >= 15 is 0 Å². The number of thioether (sulfide) groups is 1. The van der Waals surface area contributed by atoms with Crippen LogP contribution >= 0.6 is 11.8 Å². The zero-order chi connectivity index (χ0) is 17.8. The van der Waals surface area contributed by atoms with Crippen LogP contribution in [0.15, 0.2) is 46.0 Å². The number of benzene rings is 1. The van der Waals surface area contributed by atoms with Gasteiger partial charge in [0.2, 0.25) is 5.91 Å². The molecule has 0 aliphatic heterocycles. The largest absolute Gasteiger partial charge is 0.430 e. The molecule has 3 aromatic rings. The Bertz CT molecular complexity index is 874. The van der Waals surface area contributed by atoms with E-state index in [4.69, 9.17) is 4.42 Å². The van der Waals surface area contributed by atoms with Gasteiger partial charge in [0, 0.05) is 11.4 Å². The number of amides is 1. The van der Waals surface area contributed by atoms with Crippen LogP contribution in [-0.2, 0) is 4.79 Å². The van der Waals surface area contributed by atoms with Crippen molar-refractivity contribution in [2.24, 2.45) is 0 Å². The SMILES string of the molecule is CC[C@H](C)c1ccc(NC(=O)CSc2nc3nc(C)ccc3o2)cc1. The molecule has 1 atom stereocenters. The molecule has 5 nitrogen and oxygen atoms in total. The van der Waals surface area contributed by atoms with Crippen molar-refractivity contribution in [1.82, 2.24) is 9.97 Å². The summed E-state index contributed by atoms with van der Waals surface area (Å²) in [6, 6.07) is 11.7. The van der Waals surface area contributed by atoms with Gasteiger partial charge < -0.3 is 9.73 Å². The van der Waals surface area contributed by atoms with E-state index in [1.807, 2.05) is 31.2 Å². The molecule has 2 aromatic heterocycles. The minimum Gasteiger partial charge on any atom is -0.430 e. The first-order valence-corrected chi connectivity index (χ1v) is 9.30. The van der Waals surface area contributed by atoms with E-state index in [2.05, 4.69) is 41.3 Å². The lowest BCUT2D eigenvalue weighted by Gasteiger charge is -2.10. The molecule has 0 bridgehead atoms. The molecular formula is C19H21N3O2S. The predicted octanol–water partition coefficient (Wildman–Crippen LogP) is 4.78. The third-order valence-corrected chi connectivity index (χ3v) is 4.90. The van der Waals surface area contributed by atoms with Crippen molar-refractivity contribution in [3.63, 3.8) is 0 Å². The first-order valence-electron chi connectivity index (χ1n) is 8.32. The van der Waals surface area contributed by atoms with Crippen molar-refractivity contribution in [2.45, 2.75) is 38.3 Å². The molecule has 0 unspecified atom stereocenters. The molecule has 25 heavy (non-hydrogen) atoms. The van der Waals surface area contributed by atoms with Crippen molar-refractivity contribution < 1.29 is 9.21 Å². The average Bonchev–Trinajstić information content (AvgIpc) is 3.02. The lowest BCUT2D eigenvalue weighted by Crippen LogP contribution is -2.14. The highest BCUT2D eigenvalue weighted by Crippen LogP contribution is 2.23. The summed E-state index contributed by atoms with van der Waals surface area (Å²) < 4.78 is 5.59. The van der Waals surface area contributed by atoms with E-state index in [-0.39, 0.29) is 11.7 Å². The molecule has 0 saturated carbocycles. The smallest absolute Gasteiger partial charge is 0.258 e. The highest BCUT2D eigenvalue weighted by atomic mass is 32.2. The van der Waals surface area contributed by atoms with Gasteiger partial charge in [-0.3, -0.25) is 4.79 Å². The Kier molecular flexibility index (Phi) is 5.38. The molecule has 130 valence electrons. The minimum absolute atomic E-state index is 0.0901. The number of hydrogen-bond acceptors (Lipinski definition) is 5. The van der Waals surface area contributed by atoms with Gasteiger partial charge in [0.15, 0.2) is 11.2 Å². The summed E-state index contributed by atoms with van der Waals surface area (Å²) >= 11 is 1.26. The second kappa shape index (κ2) is 7.70. The van der Waals surface area contributed by atoms with Gasteiger partial charge in [0.05, 0.1) is 5.75 Å². The second-order valence-electron chi connectivity index (χ2n) is 6.02. The summed E-state index contributed by atoms with van der Waals surface area (Å²) in [5.41, 5.74) is 4.17. The number of fused-ring (bicyclic) bond motifs is 1. The lowest BCUT2D eigenvalue weighted by molar-refractivity contribution is -0.113. The van der Waals surface area contributed by atoms with Crippen LogP contribution in [0, 0.1) is 6.92 Å². The molecule has 1 amide bonds. The number of nitrogens with zero attached hydrogens (tertiary/aromatic N) is 2. The summed E-state index contributed by atoms with van der Waals surface area (Å²) in [4.78, 5) is 20.7. The number of aryl methyl sites for hydroxylation is 1. The highest BCUT2D eigenvalue weighted by molar-refractivity contribution is 7.99. The van der Waals surface area contributed by atoms with Crippen molar-refractivity contribution in [2.75, 3.05) is 11.1 Å². The Balaban J connectivity index is 1.56. The predicted molar refractivity (Wildman–Crippen MR) is 101 cm³/mol. The molecule has 0 aliphatic rings. The number of nitrogens with one attached hydrogen (secondary N) is 1. The molecule has 0 spiro atoms. The summed E-state index contributed by atoms with van der Waals surface area (Å²) in [6.07, 6.45) is 1.10. The number of hydrogen-bond donors (Lipinski definition) is 1. The first-order chi connectivity index (χ1) is 12.0. The molecule has 0 fully saturated rings. The topological polar surface area (TPSA) is 68.0 Å². The van der Waals surface area contributed by atoms with Gasteiger partial charge in [-0.2, -0.15) is 4.98 Å². The summed E-state index contributed by atoms with van der Waals surface area (Å²) in [5, 5.41) is 3.35. The molecule has 1 N–H and O–H groups in total. The summed E-state index contributed by atoms with van der Waals surface area (Å²) in [6.45, 7) is 6.27. The minimum atomic E-state index is -0.0901. The van der Waals surface area contributed by atoms with E-state index < -0.39 is 0 Å². The zero-order valence-electron chi connectivity index (χ0n) is 14.6. The second-order valence-corrected chi connectivity index (χ2v) is 6.95. The van der Waals surface area contributed by atoms with E-state index in [0.29, 0.717) is 22.4 Å². The van der Waals surface area contributed by atoms with Gasteiger partial charge in [0.1, 0.15) is 0 Å². The standard InChI is InChI=1S/C19H21N3O2S/c1-4-12(2)14-6-8-15(9-7-14)21-17(23)11-25-19-22-18-16(24-19)10-5-13(3)20-18/h5-10,12H,4,11H2,1-3H3,(H,21,23)/t12-/m0/s1. The number of rotatable bonds is 6. The Labute approximate surface area is 151 Å². The van der Waals surface area contributed by atoms with Crippen LogP contribution in [-0.4, -0.2) is 21.6 Å². The van der Waals surface area contributed by atoms with Gasteiger partial charge in [0.25, 0.3) is 5.22 Å². The van der Waals surface area contributed by atoms with Gasteiger partial charge in [-0.15, -0.1) is 0 Å². The van der Waals surface area contributed by atoms with E-state index in [1.54, 1.807) is 0 Å². The monoisotopic (exact) mass is 355 g/mol. The zero-order valence-corrected chi connectivity index (χ0v) is 15.4. The number of anilines is 1. The number of carbonyl (C=O) groups excluding carboxylic acids is 1. The first kappa shape index (κ1) is 17.5. The Morgan fingerprint density at radius 3 is 2.68 bits per heavy atom. The van der Waals surface area contributed by atoms with E-state index in [1.165, 1.54) is 17.3 Å².